The van der Waals surface area contributed by atoms with E-state index in [-0.39, 0.29) is 11.8 Å². The van der Waals surface area contributed by atoms with Gasteiger partial charge in [0.1, 0.15) is 0 Å². The Balaban J connectivity index is 2.55. The van der Waals surface area contributed by atoms with E-state index in [4.69, 9.17) is 4.74 Å². The van der Waals surface area contributed by atoms with Crippen molar-refractivity contribution in [1.82, 2.24) is 0 Å². The van der Waals surface area contributed by atoms with E-state index >= 15 is 0 Å². The summed E-state index contributed by atoms with van der Waals surface area (Å²) in [4.78, 5) is 23.9. The van der Waals surface area contributed by atoms with Crippen LogP contribution < -0.4 is 4.90 Å². The molecule has 1 fully saturated rings. The number of esters is 1. The lowest BCUT2D eigenvalue weighted by atomic mass is 9.97. The third-order valence-corrected chi connectivity index (χ3v) is 2.31. The second-order valence-electron chi connectivity index (χ2n) is 3.43. The molecule has 1 heterocycles. The summed E-state index contributed by atoms with van der Waals surface area (Å²) in [5.41, 5.74) is 0. The van der Waals surface area contributed by atoms with Crippen LogP contribution in [0.3, 0.4) is 0 Å². The quantitative estimate of drug-likeness (QED) is 0.428. The van der Waals surface area contributed by atoms with Crippen LogP contribution in [-0.4, -0.2) is 38.5 Å². The largest absolute Gasteiger partial charge is 0.465 e. The highest BCUT2D eigenvalue weighted by molar-refractivity contribution is 5.99. The highest BCUT2D eigenvalue weighted by atomic mass is 16.5. The number of carbonyl (C=O) groups is 2. The van der Waals surface area contributed by atoms with Crippen molar-refractivity contribution in [2.24, 2.45) is 5.92 Å². The molecule has 1 rings (SSSR count). The minimum absolute atomic E-state index is 0.0315. The number of hydrogen-bond donors (Lipinski definition) is 1. The summed E-state index contributed by atoms with van der Waals surface area (Å²) in [7, 11) is 1.98. The molecule has 1 N–H and O–H groups in total. The fraction of sp³-hybridized carbons (Fsp3) is 0.778. The van der Waals surface area contributed by atoms with Crippen LogP contribution in [0.1, 0.15) is 13.3 Å². The maximum absolute atomic E-state index is 11.3. The number of carbonyl (C=O) groups excluding carboxylic acids is 2. The first-order valence-corrected chi connectivity index (χ1v) is 4.65. The van der Waals surface area contributed by atoms with Crippen LogP contribution in [0.4, 0.5) is 0 Å². The summed E-state index contributed by atoms with van der Waals surface area (Å²) in [5, 5.41) is 0. The highest BCUT2D eigenvalue weighted by Gasteiger charge is 2.35. The zero-order valence-corrected chi connectivity index (χ0v) is 8.13. The molecule has 0 radical (unpaired) electrons. The summed E-state index contributed by atoms with van der Waals surface area (Å²) in [6.45, 7) is 3.51. The number of piperidine rings is 1. The van der Waals surface area contributed by atoms with Crippen molar-refractivity contribution < 1.29 is 19.2 Å². The molecule has 0 aromatic heterocycles. The third kappa shape index (κ3) is 2.52. The van der Waals surface area contributed by atoms with E-state index in [2.05, 4.69) is 0 Å². The Morgan fingerprint density at radius 2 is 2.38 bits per heavy atom. The van der Waals surface area contributed by atoms with Gasteiger partial charge in [0, 0.05) is 0 Å². The van der Waals surface area contributed by atoms with Crippen LogP contribution in [0.5, 0.6) is 0 Å². The zero-order valence-electron chi connectivity index (χ0n) is 8.13. The van der Waals surface area contributed by atoms with Crippen LogP contribution in [0, 0.1) is 5.92 Å². The maximum atomic E-state index is 11.3. The number of rotatable bonds is 2. The summed E-state index contributed by atoms with van der Waals surface area (Å²) in [6, 6.07) is 0. The predicted octanol–water partition coefficient (Wildman–Crippen LogP) is -1.35. The molecule has 1 unspecified atom stereocenters. The average molecular weight is 186 g/mol. The molecule has 1 aliphatic rings. The van der Waals surface area contributed by atoms with Crippen molar-refractivity contribution in [2.45, 2.75) is 13.3 Å². The Kier molecular flexibility index (Phi) is 3.42. The molecular weight excluding hydrogens is 170 g/mol. The van der Waals surface area contributed by atoms with Crippen LogP contribution in [-0.2, 0) is 14.3 Å². The van der Waals surface area contributed by atoms with Gasteiger partial charge in [-0.1, -0.05) is 0 Å². The second kappa shape index (κ2) is 4.37. The molecule has 2 atom stereocenters. The molecule has 4 nitrogen and oxygen atoms in total. The molecule has 0 aliphatic carbocycles. The Morgan fingerprint density at radius 1 is 1.69 bits per heavy atom. The van der Waals surface area contributed by atoms with Gasteiger partial charge >= 0.3 is 5.97 Å². The average Bonchev–Trinajstić information content (AvgIpc) is 2.09. The van der Waals surface area contributed by atoms with Gasteiger partial charge in [-0.3, -0.25) is 9.59 Å². The zero-order chi connectivity index (χ0) is 9.84. The number of quaternary nitrogens is 1. The lowest BCUT2D eigenvalue weighted by molar-refractivity contribution is -0.883. The van der Waals surface area contributed by atoms with Crippen LogP contribution >= 0.6 is 0 Å². The second-order valence-corrected chi connectivity index (χ2v) is 3.43. The molecule has 0 bridgehead atoms. The first-order valence-electron chi connectivity index (χ1n) is 4.65. The third-order valence-electron chi connectivity index (χ3n) is 2.31. The number of nitrogens with one attached hydrogen (secondary N) is 1. The van der Waals surface area contributed by atoms with Crippen LogP contribution in [0.15, 0.2) is 0 Å². The summed E-state index contributed by atoms with van der Waals surface area (Å²) in [5.74, 6) is -0.843. The van der Waals surface area contributed by atoms with Crippen molar-refractivity contribution >= 4 is 11.8 Å². The normalized spacial score (nSPS) is 28.6. The van der Waals surface area contributed by atoms with Gasteiger partial charge in [0.15, 0.2) is 11.7 Å². The van der Waals surface area contributed by atoms with Crippen LogP contribution in [0.2, 0.25) is 0 Å². The maximum Gasteiger partial charge on any atom is 0.322 e. The number of hydrogen-bond acceptors (Lipinski definition) is 3. The molecule has 0 spiro atoms. The first-order chi connectivity index (χ1) is 6.15. The molecular formula is C9H16NO3+. The lowest BCUT2D eigenvalue weighted by Crippen LogP contribution is -3.11. The van der Waals surface area contributed by atoms with Gasteiger partial charge in [0.2, 0.25) is 0 Å². The topological polar surface area (TPSA) is 47.8 Å². The summed E-state index contributed by atoms with van der Waals surface area (Å²) >= 11 is 0. The summed E-state index contributed by atoms with van der Waals surface area (Å²) in [6.07, 6.45) is 0.495. The molecule has 1 saturated heterocycles. The number of Topliss-reactive ketones (excluding diaryl/α,β-unsaturated/α-hetero) is 1. The molecule has 74 valence electrons. The number of ketones is 1. The Hall–Kier alpha value is -0.900. The van der Waals surface area contributed by atoms with Crippen molar-refractivity contribution in [2.75, 3.05) is 26.7 Å². The minimum atomic E-state index is -0.520. The van der Waals surface area contributed by atoms with Crippen LogP contribution in [0.25, 0.3) is 0 Å². The lowest BCUT2D eigenvalue weighted by Gasteiger charge is -2.24. The number of ether oxygens (including phenoxy) is 1. The Morgan fingerprint density at radius 3 is 3.00 bits per heavy atom. The predicted molar refractivity (Wildman–Crippen MR) is 46.4 cm³/mol. The molecule has 0 amide bonds. The fourth-order valence-electron chi connectivity index (χ4n) is 1.53. The molecule has 0 aromatic carbocycles. The van der Waals surface area contributed by atoms with E-state index in [1.165, 1.54) is 4.90 Å². The SMILES string of the molecule is CCOC(=O)[C@H]1C[NH+](C)CCC1=O. The van der Waals surface area contributed by atoms with Gasteiger partial charge in [-0.05, 0) is 6.92 Å². The monoisotopic (exact) mass is 186 g/mol. The molecule has 0 saturated carbocycles. The van der Waals surface area contributed by atoms with E-state index < -0.39 is 5.92 Å². The molecule has 13 heavy (non-hydrogen) atoms. The van der Waals surface area contributed by atoms with Gasteiger partial charge in [0.05, 0.1) is 33.2 Å². The van der Waals surface area contributed by atoms with Crippen molar-refractivity contribution in [3.05, 3.63) is 0 Å². The van der Waals surface area contributed by atoms with E-state index in [0.717, 1.165) is 6.54 Å². The van der Waals surface area contributed by atoms with E-state index in [9.17, 15) is 9.59 Å². The number of likely N-dealkylation sites (tertiary alicyclic amines) is 1. The van der Waals surface area contributed by atoms with Gasteiger partial charge in [-0.15, -0.1) is 0 Å². The highest BCUT2D eigenvalue weighted by Crippen LogP contribution is 2.05. The minimum Gasteiger partial charge on any atom is -0.465 e. The van der Waals surface area contributed by atoms with Crippen molar-refractivity contribution in [1.29, 1.82) is 0 Å². The molecule has 1 aliphatic heterocycles. The smallest absolute Gasteiger partial charge is 0.322 e. The van der Waals surface area contributed by atoms with Crippen molar-refractivity contribution in [3.8, 4) is 0 Å². The molecule has 0 aromatic rings. The van der Waals surface area contributed by atoms with E-state index in [1.807, 2.05) is 7.05 Å². The Labute approximate surface area is 77.8 Å². The van der Waals surface area contributed by atoms with E-state index in [0.29, 0.717) is 19.6 Å². The van der Waals surface area contributed by atoms with Gasteiger partial charge in [-0.25, -0.2) is 0 Å². The first kappa shape index (κ1) is 10.2. The van der Waals surface area contributed by atoms with Gasteiger partial charge in [-0.2, -0.15) is 0 Å². The van der Waals surface area contributed by atoms with E-state index in [1.54, 1.807) is 6.92 Å². The Bertz CT molecular complexity index is 215. The van der Waals surface area contributed by atoms with Gasteiger partial charge < -0.3 is 9.64 Å². The summed E-state index contributed by atoms with van der Waals surface area (Å²) < 4.78 is 4.83. The molecule has 4 heteroatoms. The standard InChI is InChI=1S/C9H15NO3/c1-3-13-9(12)7-6-10(2)5-4-8(7)11/h7H,3-6H2,1-2H3/p+1/t7-/m0/s1. The van der Waals surface area contributed by atoms with Crippen molar-refractivity contribution in [3.63, 3.8) is 0 Å². The van der Waals surface area contributed by atoms with Gasteiger partial charge in [0.25, 0.3) is 0 Å². The fourth-order valence-corrected chi connectivity index (χ4v) is 1.53.